The number of benzene rings is 1. The molecule has 0 radical (unpaired) electrons. The van der Waals surface area contributed by atoms with Crippen molar-refractivity contribution < 1.29 is 9.53 Å². The highest BCUT2D eigenvalue weighted by atomic mass is 16.5. The summed E-state index contributed by atoms with van der Waals surface area (Å²) in [5.74, 6) is 0.804. The SMILES string of the molecule is O=C1CCn2nc(COCc3ccccc3)cc2N1. The Kier molecular flexibility index (Phi) is 3.29. The first-order valence-electron chi connectivity index (χ1n) is 6.29. The molecule has 0 atom stereocenters. The van der Waals surface area contributed by atoms with Crippen LogP contribution in [0.4, 0.5) is 5.82 Å². The maximum absolute atomic E-state index is 11.3. The number of hydrogen-bond acceptors (Lipinski definition) is 3. The zero-order chi connectivity index (χ0) is 13.1. The fourth-order valence-electron chi connectivity index (χ4n) is 2.07. The summed E-state index contributed by atoms with van der Waals surface area (Å²) in [6.07, 6.45) is 0.485. The summed E-state index contributed by atoms with van der Waals surface area (Å²) < 4.78 is 7.43. The largest absolute Gasteiger partial charge is 0.370 e. The number of aromatic nitrogens is 2. The van der Waals surface area contributed by atoms with E-state index < -0.39 is 0 Å². The van der Waals surface area contributed by atoms with Crippen LogP contribution in [0.25, 0.3) is 0 Å². The molecular formula is C14H15N3O2. The Labute approximate surface area is 111 Å². The average Bonchev–Trinajstić information content (AvgIpc) is 2.82. The molecule has 1 aromatic heterocycles. The molecule has 5 heteroatoms. The van der Waals surface area contributed by atoms with Crippen LogP contribution in [0.5, 0.6) is 0 Å². The van der Waals surface area contributed by atoms with Crippen molar-refractivity contribution in [2.75, 3.05) is 5.32 Å². The van der Waals surface area contributed by atoms with Gasteiger partial charge in [-0.05, 0) is 5.56 Å². The molecule has 19 heavy (non-hydrogen) atoms. The molecule has 1 N–H and O–H groups in total. The van der Waals surface area contributed by atoms with E-state index in [2.05, 4.69) is 10.4 Å². The van der Waals surface area contributed by atoms with E-state index in [1.807, 2.05) is 41.1 Å². The van der Waals surface area contributed by atoms with Crippen LogP contribution in [-0.4, -0.2) is 15.7 Å². The minimum atomic E-state index is 0.0455. The van der Waals surface area contributed by atoms with Crippen LogP contribution in [0.15, 0.2) is 36.4 Å². The van der Waals surface area contributed by atoms with Gasteiger partial charge < -0.3 is 10.1 Å². The van der Waals surface area contributed by atoms with Crippen LogP contribution in [0, 0.1) is 0 Å². The third-order valence-electron chi connectivity index (χ3n) is 3.01. The van der Waals surface area contributed by atoms with E-state index in [1.54, 1.807) is 0 Å². The number of hydrogen-bond donors (Lipinski definition) is 1. The van der Waals surface area contributed by atoms with Crippen molar-refractivity contribution in [2.45, 2.75) is 26.2 Å². The van der Waals surface area contributed by atoms with E-state index in [1.165, 1.54) is 0 Å². The fraction of sp³-hybridized carbons (Fsp3) is 0.286. The van der Waals surface area contributed by atoms with Gasteiger partial charge in [0.05, 0.1) is 25.5 Å². The van der Waals surface area contributed by atoms with E-state index in [-0.39, 0.29) is 5.91 Å². The Balaban J connectivity index is 1.57. The molecule has 2 aromatic rings. The summed E-state index contributed by atoms with van der Waals surface area (Å²) in [5, 5.41) is 7.19. The molecule has 0 aliphatic carbocycles. The first-order valence-corrected chi connectivity index (χ1v) is 6.29. The van der Waals surface area contributed by atoms with Gasteiger partial charge in [0.15, 0.2) is 0 Å². The maximum Gasteiger partial charge on any atom is 0.227 e. The van der Waals surface area contributed by atoms with Crippen molar-refractivity contribution in [3.05, 3.63) is 47.7 Å². The predicted molar refractivity (Wildman–Crippen MR) is 70.4 cm³/mol. The van der Waals surface area contributed by atoms with Crippen LogP contribution >= 0.6 is 0 Å². The molecule has 0 unspecified atom stereocenters. The molecule has 2 heterocycles. The second kappa shape index (κ2) is 5.24. The van der Waals surface area contributed by atoms with Crippen molar-refractivity contribution in [2.24, 2.45) is 0 Å². The van der Waals surface area contributed by atoms with Gasteiger partial charge in [0.25, 0.3) is 0 Å². The molecular weight excluding hydrogens is 242 g/mol. The van der Waals surface area contributed by atoms with Crippen LogP contribution in [0.1, 0.15) is 17.7 Å². The summed E-state index contributed by atoms with van der Waals surface area (Å²) in [7, 11) is 0. The van der Waals surface area contributed by atoms with E-state index in [4.69, 9.17) is 4.74 Å². The lowest BCUT2D eigenvalue weighted by atomic mass is 10.2. The van der Waals surface area contributed by atoms with Crippen molar-refractivity contribution in [1.82, 2.24) is 9.78 Å². The first kappa shape index (κ1) is 11.9. The molecule has 1 amide bonds. The predicted octanol–water partition coefficient (Wildman–Crippen LogP) is 1.94. The van der Waals surface area contributed by atoms with E-state index >= 15 is 0 Å². The van der Waals surface area contributed by atoms with Gasteiger partial charge >= 0.3 is 0 Å². The Morgan fingerprint density at radius 2 is 2.11 bits per heavy atom. The number of nitrogens with zero attached hydrogens (tertiary/aromatic N) is 2. The Morgan fingerprint density at radius 1 is 1.26 bits per heavy atom. The maximum atomic E-state index is 11.3. The highest BCUT2D eigenvalue weighted by Gasteiger charge is 2.16. The Hall–Kier alpha value is -2.14. The lowest BCUT2D eigenvalue weighted by Crippen LogP contribution is -2.23. The van der Waals surface area contributed by atoms with Crippen LogP contribution in [0.2, 0.25) is 0 Å². The fourth-order valence-corrected chi connectivity index (χ4v) is 2.07. The van der Waals surface area contributed by atoms with Gasteiger partial charge in [-0.25, -0.2) is 4.68 Å². The number of anilines is 1. The van der Waals surface area contributed by atoms with E-state index in [9.17, 15) is 4.79 Å². The number of amides is 1. The van der Waals surface area contributed by atoms with Crippen LogP contribution in [-0.2, 0) is 29.3 Å². The first-order chi connectivity index (χ1) is 9.31. The average molecular weight is 257 g/mol. The molecule has 0 bridgehead atoms. The normalized spacial score (nSPS) is 14.0. The van der Waals surface area contributed by atoms with Crippen LogP contribution in [0.3, 0.4) is 0 Å². The number of carbonyl (C=O) groups excluding carboxylic acids is 1. The van der Waals surface area contributed by atoms with E-state index in [0.29, 0.717) is 26.2 Å². The smallest absolute Gasteiger partial charge is 0.227 e. The minimum absolute atomic E-state index is 0.0455. The second-order valence-corrected chi connectivity index (χ2v) is 4.52. The number of nitrogens with one attached hydrogen (secondary N) is 1. The monoisotopic (exact) mass is 257 g/mol. The van der Waals surface area contributed by atoms with Gasteiger partial charge in [-0.1, -0.05) is 30.3 Å². The van der Waals surface area contributed by atoms with Gasteiger partial charge in [0.2, 0.25) is 5.91 Å². The van der Waals surface area contributed by atoms with Gasteiger partial charge in [-0.15, -0.1) is 0 Å². The standard InChI is InChI=1S/C14H15N3O2/c18-14-6-7-17-13(15-14)8-12(16-17)10-19-9-11-4-2-1-3-5-11/h1-5,8H,6-7,9-10H2,(H,15,18). The highest BCUT2D eigenvalue weighted by molar-refractivity contribution is 5.91. The van der Waals surface area contributed by atoms with Gasteiger partial charge in [-0.2, -0.15) is 5.10 Å². The molecule has 5 nitrogen and oxygen atoms in total. The van der Waals surface area contributed by atoms with Gasteiger partial charge in [0.1, 0.15) is 5.82 Å². The molecule has 0 saturated carbocycles. The molecule has 1 aliphatic heterocycles. The number of ether oxygens (including phenoxy) is 1. The van der Waals surface area contributed by atoms with Crippen molar-refractivity contribution in [1.29, 1.82) is 0 Å². The van der Waals surface area contributed by atoms with Crippen molar-refractivity contribution in [3.8, 4) is 0 Å². The molecule has 98 valence electrons. The topological polar surface area (TPSA) is 56.2 Å². The summed E-state index contributed by atoms with van der Waals surface area (Å²) in [4.78, 5) is 11.3. The summed E-state index contributed by atoms with van der Waals surface area (Å²) >= 11 is 0. The lowest BCUT2D eigenvalue weighted by Gasteiger charge is -2.13. The second-order valence-electron chi connectivity index (χ2n) is 4.52. The van der Waals surface area contributed by atoms with Crippen LogP contribution < -0.4 is 5.32 Å². The van der Waals surface area contributed by atoms with E-state index in [0.717, 1.165) is 17.1 Å². The highest BCUT2D eigenvalue weighted by Crippen LogP contribution is 2.16. The number of carbonyl (C=O) groups is 1. The Bertz CT molecular complexity index is 578. The molecule has 1 aromatic carbocycles. The molecule has 0 spiro atoms. The number of fused-ring (bicyclic) bond motifs is 1. The number of aryl methyl sites for hydroxylation is 1. The quantitative estimate of drug-likeness (QED) is 0.910. The molecule has 1 aliphatic rings. The molecule has 3 rings (SSSR count). The summed E-state index contributed by atoms with van der Waals surface area (Å²) in [5.41, 5.74) is 1.98. The van der Waals surface area contributed by atoms with Crippen molar-refractivity contribution in [3.63, 3.8) is 0 Å². The van der Waals surface area contributed by atoms with Gasteiger partial charge in [0, 0.05) is 12.5 Å². The third kappa shape index (κ3) is 2.82. The Morgan fingerprint density at radius 3 is 2.95 bits per heavy atom. The summed E-state index contributed by atoms with van der Waals surface area (Å²) in [6, 6.07) is 11.9. The molecule has 0 fully saturated rings. The number of rotatable bonds is 4. The zero-order valence-electron chi connectivity index (χ0n) is 10.5. The zero-order valence-corrected chi connectivity index (χ0v) is 10.5. The van der Waals surface area contributed by atoms with Crippen molar-refractivity contribution >= 4 is 11.7 Å². The summed E-state index contributed by atoms with van der Waals surface area (Å²) in [6.45, 7) is 1.65. The van der Waals surface area contributed by atoms with Gasteiger partial charge in [-0.3, -0.25) is 4.79 Å². The lowest BCUT2D eigenvalue weighted by molar-refractivity contribution is -0.116. The third-order valence-corrected chi connectivity index (χ3v) is 3.01. The minimum Gasteiger partial charge on any atom is -0.370 e. The molecule has 0 saturated heterocycles.